The third-order valence-corrected chi connectivity index (χ3v) is 1.40. The van der Waals surface area contributed by atoms with Gasteiger partial charge in [-0.15, -0.1) is 0 Å². The fraction of sp³-hybridized carbons (Fsp3) is 0.250. The van der Waals surface area contributed by atoms with Crippen molar-refractivity contribution in [2.24, 2.45) is 0 Å². The van der Waals surface area contributed by atoms with Crippen molar-refractivity contribution >= 4 is 5.57 Å². The number of hydrogen-bond donors (Lipinski definition) is 1. The molecule has 0 aromatic carbocycles. The number of imidazole rings is 1. The van der Waals surface area contributed by atoms with Gasteiger partial charge in [0.25, 0.3) is 0 Å². The molecule has 0 saturated heterocycles. The molecule has 0 aliphatic carbocycles. The number of rotatable bonds is 3. The molecule has 1 N–H and O–H groups in total. The number of nitrogens with zero attached hydrogens (tertiary/aromatic N) is 1. The Morgan fingerprint density at radius 1 is 1.43 bits per heavy atom. The summed E-state index contributed by atoms with van der Waals surface area (Å²) in [6.45, 7) is 9.83. The summed E-state index contributed by atoms with van der Waals surface area (Å²) < 4.78 is 0. The van der Waals surface area contributed by atoms with E-state index in [0.29, 0.717) is 0 Å². The van der Waals surface area contributed by atoms with Gasteiger partial charge in [0.2, 0.25) is 0 Å². The Labute approximate surface area is 86.1 Å². The number of aromatic nitrogens is 2. The van der Waals surface area contributed by atoms with Crippen molar-refractivity contribution in [3.05, 3.63) is 49.1 Å². The van der Waals surface area contributed by atoms with Crippen molar-refractivity contribution in [3.8, 4) is 0 Å². The molecule has 0 radical (unpaired) electrons. The van der Waals surface area contributed by atoms with Gasteiger partial charge in [0, 0.05) is 18.0 Å². The van der Waals surface area contributed by atoms with E-state index in [9.17, 15) is 0 Å². The van der Waals surface area contributed by atoms with Crippen molar-refractivity contribution in [2.75, 3.05) is 0 Å². The molecule has 1 aromatic rings. The lowest BCUT2D eigenvalue weighted by atomic mass is 10.2. The average Bonchev–Trinajstić information content (AvgIpc) is 2.74. The zero-order valence-electron chi connectivity index (χ0n) is 9.12. The lowest BCUT2D eigenvalue weighted by molar-refractivity contribution is 1.25. The lowest BCUT2D eigenvalue weighted by Crippen LogP contribution is -1.80. The molecule has 2 heteroatoms. The van der Waals surface area contributed by atoms with Crippen LogP contribution in [0.25, 0.3) is 5.57 Å². The van der Waals surface area contributed by atoms with E-state index in [2.05, 4.69) is 16.5 Å². The topological polar surface area (TPSA) is 28.7 Å². The van der Waals surface area contributed by atoms with Crippen LogP contribution in [0.2, 0.25) is 0 Å². The second-order valence-corrected chi connectivity index (χ2v) is 2.35. The first-order valence-electron chi connectivity index (χ1n) is 4.82. The van der Waals surface area contributed by atoms with Crippen molar-refractivity contribution in [1.29, 1.82) is 0 Å². The minimum atomic E-state index is 0.816. The Bertz CT molecular complexity index is 292. The van der Waals surface area contributed by atoms with E-state index >= 15 is 0 Å². The first-order valence-corrected chi connectivity index (χ1v) is 4.82. The average molecular weight is 190 g/mol. The monoisotopic (exact) mass is 190 g/mol. The van der Waals surface area contributed by atoms with Crippen molar-refractivity contribution < 1.29 is 0 Å². The van der Waals surface area contributed by atoms with Crippen LogP contribution >= 0.6 is 0 Å². The van der Waals surface area contributed by atoms with E-state index in [1.807, 2.05) is 45.1 Å². The number of hydrogen-bond acceptors (Lipinski definition) is 1. The van der Waals surface area contributed by atoms with E-state index in [0.717, 1.165) is 11.4 Å². The maximum Gasteiger partial charge on any atom is 0.136 e. The highest BCUT2D eigenvalue weighted by Gasteiger charge is 1.93. The Morgan fingerprint density at radius 2 is 2.14 bits per heavy atom. The van der Waals surface area contributed by atoms with Crippen LogP contribution in [0.4, 0.5) is 0 Å². The first kappa shape index (κ1) is 12.4. The van der Waals surface area contributed by atoms with E-state index in [4.69, 9.17) is 0 Å². The Morgan fingerprint density at radius 3 is 2.64 bits per heavy atom. The van der Waals surface area contributed by atoms with Crippen LogP contribution in [0.1, 0.15) is 26.6 Å². The molecule has 0 unspecified atom stereocenters. The summed E-state index contributed by atoms with van der Waals surface area (Å²) in [5, 5.41) is 0. The summed E-state index contributed by atoms with van der Waals surface area (Å²) in [5.74, 6) is 0.816. The molecule has 0 bridgehead atoms. The molecule has 2 nitrogen and oxygen atoms in total. The Balaban J connectivity index is 0.000000791. The molecule has 0 fully saturated rings. The summed E-state index contributed by atoms with van der Waals surface area (Å²) in [5.41, 5.74) is 0.887. The minimum Gasteiger partial charge on any atom is -0.345 e. The lowest BCUT2D eigenvalue weighted by Gasteiger charge is -1.90. The first-order chi connectivity index (χ1) is 6.84. The van der Waals surface area contributed by atoms with Gasteiger partial charge in [-0.1, -0.05) is 44.7 Å². The largest absolute Gasteiger partial charge is 0.345 e. The van der Waals surface area contributed by atoms with E-state index in [1.165, 1.54) is 0 Å². The summed E-state index contributed by atoms with van der Waals surface area (Å²) in [6, 6.07) is 0. The maximum absolute atomic E-state index is 4.06. The molecule has 1 rings (SSSR count). The summed E-state index contributed by atoms with van der Waals surface area (Å²) in [7, 11) is 0. The van der Waals surface area contributed by atoms with Gasteiger partial charge in [0.05, 0.1) is 0 Å². The predicted octanol–water partition coefficient (Wildman–Crippen LogP) is 3.58. The van der Waals surface area contributed by atoms with Crippen LogP contribution in [0, 0.1) is 0 Å². The van der Waals surface area contributed by atoms with Gasteiger partial charge in [-0.05, 0) is 6.92 Å². The molecule has 0 atom stereocenters. The van der Waals surface area contributed by atoms with Crippen molar-refractivity contribution in [1.82, 2.24) is 9.97 Å². The Kier molecular flexibility index (Phi) is 7.15. The maximum atomic E-state index is 4.06. The standard InChI is InChI=1S/C10H12N2.C2H6/c1-3-4-5-6-9(2)10-11-7-8-12-10;1-2/h3-8H,2H2,1H3,(H,11,12);1-2H3/b4-3-,6-5-;. The third kappa shape index (κ3) is 4.45. The van der Waals surface area contributed by atoms with Gasteiger partial charge in [-0.25, -0.2) is 4.98 Å². The van der Waals surface area contributed by atoms with Crippen LogP contribution in [-0.2, 0) is 0 Å². The minimum absolute atomic E-state index is 0.816. The quantitative estimate of drug-likeness (QED) is 0.725. The zero-order valence-corrected chi connectivity index (χ0v) is 9.12. The zero-order chi connectivity index (χ0) is 10.8. The van der Waals surface area contributed by atoms with E-state index < -0.39 is 0 Å². The van der Waals surface area contributed by atoms with Crippen LogP contribution < -0.4 is 0 Å². The molecule has 76 valence electrons. The summed E-state index contributed by atoms with van der Waals surface area (Å²) in [4.78, 5) is 7.04. The second-order valence-electron chi connectivity index (χ2n) is 2.35. The van der Waals surface area contributed by atoms with Crippen LogP contribution in [0.3, 0.4) is 0 Å². The molecule has 14 heavy (non-hydrogen) atoms. The summed E-state index contributed by atoms with van der Waals surface area (Å²) >= 11 is 0. The molecule has 0 spiro atoms. The molecule has 0 aliphatic heterocycles. The van der Waals surface area contributed by atoms with Crippen LogP contribution in [0.5, 0.6) is 0 Å². The fourth-order valence-electron chi connectivity index (χ4n) is 0.803. The molecule has 0 amide bonds. The Hall–Kier alpha value is -1.57. The van der Waals surface area contributed by atoms with Gasteiger partial charge in [0.1, 0.15) is 5.82 Å². The predicted molar refractivity (Wildman–Crippen MR) is 62.9 cm³/mol. The molecule has 0 aliphatic rings. The van der Waals surface area contributed by atoms with Gasteiger partial charge < -0.3 is 4.98 Å². The van der Waals surface area contributed by atoms with Crippen molar-refractivity contribution in [3.63, 3.8) is 0 Å². The number of allylic oxidation sites excluding steroid dienone is 5. The second kappa shape index (κ2) is 8.05. The number of aromatic amines is 1. The van der Waals surface area contributed by atoms with Gasteiger partial charge >= 0.3 is 0 Å². The molecular formula is C12H18N2. The molecule has 0 saturated carbocycles. The van der Waals surface area contributed by atoms with Gasteiger partial charge in [0.15, 0.2) is 0 Å². The van der Waals surface area contributed by atoms with Crippen molar-refractivity contribution in [2.45, 2.75) is 20.8 Å². The molecular weight excluding hydrogens is 172 g/mol. The van der Waals surface area contributed by atoms with Crippen LogP contribution in [-0.4, -0.2) is 9.97 Å². The SMILES string of the molecule is C=C(/C=C\C=C/C)c1ncc[nH]1.CC. The number of H-pyrrole nitrogens is 1. The summed E-state index contributed by atoms with van der Waals surface area (Å²) in [6.07, 6.45) is 11.3. The van der Waals surface area contributed by atoms with Crippen LogP contribution in [0.15, 0.2) is 43.3 Å². The highest BCUT2D eigenvalue weighted by Crippen LogP contribution is 2.06. The third-order valence-electron chi connectivity index (χ3n) is 1.40. The van der Waals surface area contributed by atoms with Gasteiger partial charge in [-0.2, -0.15) is 0 Å². The highest BCUT2D eigenvalue weighted by atomic mass is 14.9. The number of nitrogens with one attached hydrogen (secondary N) is 1. The normalized spacial score (nSPS) is 10.2. The van der Waals surface area contributed by atoms with E-state index in [-0.39, 0.29) is 0 Å². The van der Waals surface area contributed by atoms with Gasteiger partial charge in [-0.3, -0.25) is 0 Å². The smallest absolute Gasteiger partial charge is 0.136 e. The highest BCUT2D eigenvalue weighted by molar-refractivity contribution is 5.67. The molecule has 1 heterocycles. The molecule has 1 aromatic heterocycles. The fourth-order valence-corrected chi connectivity index (χ4v) is 0.803. The van der Waals surface area contributed by atoms with E-state index in [1.54, 1.807) is 12.4 Å².